The van der Waals surface area contributed by atoms with Gasteiger partial charge in [0, 0.05) is 24.9 Å². The van der Waals surface area contributed by atoms with Gasteiger partial charge >= 0.3 is 0 Å². The zero-order chi connectivity index (χ0) is 9.36. The van der Waals surface area contributed by atoms with Crippen molar-refractivity contribution in [2.45, 2.75) is 12.8 Å². The van der Waals surface area contributed by atoms with Gasteiger partial charge < -0.3 is 4.74 Å². The molecule has 2 nitrogen and oxygen atoms in total. The highest BCUT2D eigenvalue weighted by molar-refractivity contribution is 6.17. The summed E-state index contributed by atoms with van der Waals surface area (Å²) in [7, 11) is 0. The lowest BCUT2D eigenvalue weighted by atomic mass is 10.1. The number of aromatic nitrogens is 1. The third kappa shape index (κ3) is 4.86. The maximum atomic E-state index is 5.46. The normalized spacial score (nSPS) is 10.2. The van der Waals surface area contributed by atoms with Crippen LogP contribution >= 0.6 is 11.6 Å². The molecule has 0 unspecified atom stereocenters. The monoisotopic (exact) mass is 199 g/mol. The largest absolute Gasteiger partial charge is 0.380 e. The molecule has 1 aromatic heterocycles. The van der Waals surface area contributed by atoms with Gasteiger partial charge in [-0.15, -0.1) is 11.6 Å². The number of hydrogen-bond acceptors (Lipinski definition) is 2. The van der Waals surface area contributed by atoms with E-state index >= 15 is 0 Å². The van der Waals surface area contributed by atoms with E-state index in [1.54, 1.807) is 0 Å². The zero-order valence-corrected chi connectivity index (χ0v) is 8.33. The molecule has 0 bridgehead atoms. The molecule has 0 aliphatic carbocycles. The SMILES string of the molecule is ClCCOCCCc1ccncc1. The van der Waals surface area contributed by atoms with Crippen LogP contribution in [0.4, 0.5) is 0 Å². The fourth-order valence-corrected chi connectivity index (χ4v) is 1.19. The second kappa shape index (κ2) is 6.87. The molecule has 0 fully saturated rings. The van der Waals surface area contributed by atoms with Gasteiger partial charge in [0.2, 0.25) is 0 Å². The van der Waals surface area contributed by atoms with Crippen LogP contribution < -0.4 is 0 Å². The summed E-state index contributed by atoms with van der Waals surface area (Å²) in [5, 5.41) is 0. The average molecular weight is 200 g/mol. The van der Waals surface area contributed by atoms with Crippen molar-refractivity contribution in [3.05, 3.63) is 30.1 Å². The Morgan fingerprint density at radius 2 is 2.00 bits per heavy atom. The molecule has 0 spiro atoms. The molecule has 0 saturated heterocycles. The van der Waals surface area contributed by atoms with Gasteiger partial charge in [-0.25, -0.2) is 0 Å². The van der Waals surface area contributed by atoms with Crippen LogP contribution in [0, 0.1) is 0 Å². The molecule has 0 amide bonds. The van der Waals surface area contributed by atoms with E-state index in [9.17, 15) is 0 Å². The quantitative estimate of drug-likeness (QED) is 0.518. The standard InChI is InChI=1S/C10H14ClNO/c11-5-9-13-8-1-2-10-3-6-12-7-4-10/h3-4,6-7H,1-2,5,8-9H2. The van der Waals surface area contributed by atoms with Gasteiger partial charge in [-0.2, -0.15) is 0 Å². The van der Waals surface area contributed by atoms with E-state index in [1.807, 2.05) is 24.5 Å². The van der Waals surface area contributed by atoms with E-state index in [-0.39, 0.29) is 0 Å². The van der Waals surface area contributed by atoms with Crippen LogP contribution in [0.5, 0.6) is 0 Å². The lowest BCUT2D eigenvalue weighted by Crippen LogP contribution is -1.99. The lowest BCUT2D eigenvalue weighted by molar-refractivity contribution is 0.147. The van der Waals surface area contributed by atoms with Crippen molar-refractivity contribution in [1.29, 1.82) is 0 Å². The van der Waals surface area contributed by atoms with Crippen LogP contribution in [0.25, 0.3) is 0 Å². The van der Waals surface area contributed by atoms with E-state index in [0.717, 1.165) is 19.4 Å². The number of hydrogen-bond donors (Lipinski definition) is 0. The van der Waals surface area contributed by atoms with Crippen molar-refractivity contribution in [3.63, 3.8) is 0 Å². The summed E-state index contributed by atoms with van der Waals surface area (Å²) in [6, 6.07) is 4.06. The van der Waals surface area contributed by atoms with Gasteiger partial charge in [-0.05, 0) is 30.5 Å². The van der Waals surface area contributed by atoms with Crippen molar-refractivity contribution in [2.75, 3.05) is 19.1 Å². The van der Waals surface area contributed by atoms with E-state index < -0.39 is 0 Å². The number of aryl methyl sites for hydroxylation is 1. The fraction of sp³-hybridized carbons (Fsp3) is 0.500. The molecule has 0 atom stereocenters. The predicted molar refractivity (Wildman–Crippen MR) is 54.1 cm³/mol. The molecule has 1 rings (SSSR count). The van der Waals surface area contributed by atoms with Crippen LogP contribution in [0.15, 0.2) is 24.5 Å². The van der Waals surface area contributed by atoms with E-state index in [4.69, 9.17) is 16.3 Å². The molecular weight excluding hydrogens is 186 g/mol. The smallest absolute Gasteiger partial charge is 0.0601 e. The second-order valence-corrected chi connectivity index (χ2v) is 3.14. The Hall–Kier alpha value is -0.600. The fourth-order valence-electron chi connectivity index (χ4n) is 1.08. The summed E-state index contributed by atoms with van der Waals surface area (Å²) in [4.78, 5) is 3.95. The summed E-state index contributed by atoms with van der Waals surface area (Å²) in [5.74, 6) is 0.579. The number of alkyl halides is 1. The van der Waals surface area contributed by atoms with Gasteiger partial charge in [-0.3, -0.25) is 4.98 Å². The van der Waals surface area contributed by atoms with Gasteiger partial charge in [0.1, 0.15) is 0 Å². The Labute approximate surface area is 83.9 Å². The van der Waals surface area contributed by atoms with Crippen molar-refractivity contribution >= 4 is 11.6 Å². The lowest BCUT2D eigenvalue weighted by Gasteiger charge is -2.01. The third-order valence-corrected chi connectivity index (χ3v) is 1.88. The molecule has 0 N–H and O–H groups in total. The maximum absolute atomic E-state index is 5.46. The van der Waals surface area contributed by atoms with E-state index in [2.05, 4.69) is 4.98 Å². The van der Waals surface area contributed by atoms with Crippen LogP contribution in [0.3, 0.4) is 0 Å². The minimum Gasteiger partial charge on any atom is -0.380 e. The molecule has 0 radical (unpaired) electrons. The molecule has 0 aliphatic heterocycles. The molecule has 72 valence electrons. The average Bonchev–Trinajstić information content (AvgIpc) is 2.19. The summed E-state index contributed by atoms with van der Waals surface area (Å²) in [5.41, 5.74) is 1.31. The Balaban J connectivity index is 2.07. The molecule has 0 aromatic carbocycles. The second-order valence-electron chi connectivity index (χ2n) is 2.76. The highest BCUT2D eigenvalue weighted by Gasteiger charge is 1.91. The van der Waals surface area contributed by atoms with Crippen LogP contribution in [0.2, 0.25) is 0 Å². The summed E-state index contributed by atoms with van der Waals surface area (Å²) in [6.07, 6.45) is 5.72. The first-order valence-corrected chi connectivity index (χ1v) is 4.99. The highest BCUT2D eigenvalue weighted by atomic mass is 35.5. The summed E-state index contributed by atoms with van der Waals surface area (Å²) in [6.45, 7) is 1.44. The van der Waals surface area contributed by atoms with Crippen molar-refractivity contribution < 1.29 is 4.74 Å². The van der Waals surface area contributed by atoms with Gasteiger partial charge in [0.15, 0.2) is 0 Å². The molecule has 3 heteroatoms. The number of nitrogens with zero attached hydrogens (tertiary/aromatic N) is 1. The van der Waals surface area contributed by atoms with Crippen LogP contribution in [-0.4, -0.2) is 24.1 Å². The van der Waals surface area contributed by atoms with E-state index in [0.29, 0.717) is 12.5 Å². The van der Waals surface area contributed by atoms with Gasteiger partial charge in [0.05, 0.1) is 6.61 Å². The van der Waals surface area contributed by atoms with Crippen molar-refractivity contribution in [2.24, 2.45) is 0 Å². The first-order valence-electron chi connectivity index (χ1n) is 4.46. The van der Waals surface area contributed by atoms with Crippen LogP contribution in [-0.2, 0) is 11.2 Å². The molecule has 0 saturated carbocycles. The van der Waals surface area contributed by atoms with Crippen LogP contribution in [0.1, 0.15) is 12.0 Å². The number of rotatable bonds is 6. The topological polar surface area (TPSA) is 22.1 Å². The molecule has 1 heterocycles. The molecule has 1 aromatic rings. The first kappa shape index (κ1) is 10.5. The minimum absolute atomic E-state index is 0.579. The third-order valence-electron chi connectivity index (χ3n) is 1.72. The molecular formula is C10H14ClNO. The van der Waals surface area contributed by atoms with Gasteiger partial charge in [0.25, 0.3) is 0 Å². The predicted octanol–water partition coefficient (Wildman–Crippen LogP) is 2.27. The number of ether oxygens (including phenoxy) is 1. The number of pyridine rings is 1. The van der Waals surface area contributed by atoms with Gasteiger partial charge in [-0.1, -0.05) is 0 Å². The maximum Gasteiger partial charge on any atom is 0.0601 e. The Morgan fingerprint density at radius 1 is 1.23 bits per heavy atom. The minimum atomic E-state index is 0.579. The highest BCUT2D eigenvalue weighted by Crippen LogP contribution is 2.00. The zero-order valence-electron chi connectivity index (χ0n) is 7.58. The summed E-state index contributed by atoms with van der Waals surface area (Å²) < 4.78 is 5.26. The van der Waals surface area contributed by atoms with Crippen molar-refractivity contribution in [3.8, 4) is 0 Å². The number of halogens is 1. The Morgan fingerprint density at radius 3 is 2.69 bits per heavy atom. The molecule has 13 heavy (non-hydrogen) atoms. The first-order chi connectivity index (χ1) is 6.43. The molecule has 0 aliphatic rings. The summed E-state index contributed by atoms with van der Waals surface area (Å²) >= 11 is 5.46. The Bertz CT molecular complexity index is 215. The van der Waals surface area contributed by atoms with Crippen molar-refractivity contribution in [1.82, 2.24) is 4.98 Å². The van der Waals surface area contributed by atoms with E-state index in [1.165, 1.54) is 5.56 Å². The Kier molecular flexibility index (Phi) is 5.54.